The van der Waals surface area contributed by atoms with Crippen LogP contribution in [0.1, 0.15) is 71.2 Å². The Hall–Kier alpha value is -4.08. The van der Waals surface area contributed by atoms with Crippen LogP contribution in [-0.4, -0.2) is 79.3 Å². The average molecular weight is 727 g/mol. The van der Waals surface area contributed by atoms with E-state index < -0.39 is 0 Å². The fourth-order valence-electron chi connectivity index (χ4n) is 6.51. The zero-order valence-electron chi connectivity index (χ0n) is 32.2. The Morgan fingerprint density at radius 1 is 0.453 bits per heavy atom. The SMILES string of the molecule is CCCOc1c(C)cccc1Cc1cccc2c1OCCOCCOCCOCCOCCOc1c(C)cccc1Cc1cccc(c1OCCC)C2. The Kier molecular flexibility index (Phi) is 16.8. The van der Waals surface area contributed by atoms with Crippen molar-refractivity contribution in [3.8, 4) is 23.0 Å². The minimum absolute atomic E-state index is 0.412. The second-order valence-corrected chi connectivity index (χ2v) is 13.3. The predicted octanol–water partition coefficient (Wildman–Crippen LogP) is 8.49. The molecule has 8 heteroatoms. The summed E-state index contributed by atoms with van der Waals surface area (Å²) >= 11 is 0. The van der Waals surface area contributed by atoms with E-state index >= 15 is 0 Å². The molecule has 0 saturated carbocycles. The Balaban J connectivity index is 1.49. The zero-order chi connectivity index (χ0) is 37.1. The molecule has 0 saturated heterocycles. The molecular formula is C45H58O8. The molecule has 4 aromatic rings. The fraction of sp³-hybridized carbons (Fsp3) is 0.467. The summed E-state index contributed by atoms with van der Waals surface area (Å²) in [6.45, 7) is 14.5. The van der Waals surface area contributed by atoms with Gasteiger partial charge >= 0.3 is 0 Å². The highest BCUT2D eigenvalue weighted by atomic mass is 16.6. The van der Waals surface area contributed by atoms with Crippen LogP contribution in [-0.2, 0) is 38.2 Å². The van der Waals surface area contributed by atoms with Crippen LogP contribution >= 0.6 is 0 Å². The molecule has 0 aromatic heterocycles. The summed E-state index contributed by atoms with van der Waals surface area (Å²) in [5.41, 5.74) is 8.92. The largest absolute Gasteiger partial charge is 0.493 e. The monoisotopic (exact) mass is 726 g/mol. The van der Waals surface area contributed by atoms with Gasteiger partial charge in [-0.2, -0.15) is 0 Å². The second-order valence-electron chi connectivity index (χ2n) is 13.3. The molecule has 0 fully saturated rings. The molecule has 1 aliphatic rings. The number of ether oxygens (including phenoxy) is 8. The number of para-hydroxylation sites is 4. The van der Waals surface area contributed by atoms with Crippen LogP contribution in [0.2, 0.25) is 0 Å². The van der Waals surface area contributed by atoms with Crippen LogP contribution in [0.5, 0.6) is 23.0 Å². The Bertz CT molecular complexity index is 1690. The molecule has 286 valence electrons. The molecule has 2 bridgehead atoms. The van der Waals surface area contributed by atoms with E-state index in [1.54, 1.807) is 0 Å². The third-order valence-electron chi connectivity index (χ3n) is 9.05. The summed E-state index contributed by atoms with van der Waals surface area (Å²) in [6.07, 6.45) is 3.86. The molecule has 1 aliphatic heterocycles. The van der Waals surface area contributed by atoms with Gasteiger partial charge in [-0.3, -0.25) is 0 Å². The molecule has 0 atom stereocenters. The maximum Gasteiger partial charge on any atom is 0.126 e. The van der Waals surface area contributed by atoms with Crippen molar-refractivity contribution in [1.29, 1.82) is 0 Å². The van der Waals surface area contributed by atoms with Crippen LogP contribution in [0.4, 0.5) is 0 Å². The fourth-order valence-corrected chi connectivity index (χ4v) is 6.51. The van der Waals surface area contributed by atoms with Gasteiger partial charge in [0.1, 0.15) is 36.2 Å². The van der Waals surface area contributed by atoms with Gasteiger partial charge < -0.3 is 37.9 Å². The van der Waals surface area contributed by atoms with Crippen LogP contribution in [0.25, 0.3) is 0 Å². The van der Waals surface area contributed by atoms with Gasteiger partial charge in [0.05, 0.1) is 66.1 Å². The molecular weight excluding hydrogens is 668 g/mol. The van der Waals surface area contributed by atoms with Gasteiger partial charge in [0.15, 0.2) is 0 Å². The number of benzene rings is 4. The van der Waals surface area contributed by atoms with Gasteiger partial charge in [-0.05, 0) is 71.2 Å². The molecule has 53 heavy (non-hydrogen) atoms. The number of hydrogen-bond donors (Lipinski definition) is 0. The van der Waals surface area contributed by atoms with Crippen molar-refractivity contribution in [1.82, 2.24) is 0 Å². The molecule has 0 spiro atoms. The highest BCUT2D eigenvalue weighted by molar-refractivity contribution is 5.53. The molecule has 0 N–H and O–H groups in total. The lowest BCUT2D eigenvalue weighted by Gasteiger charge is -2.21. The molecule has 0 radical (unpaired) electrons. The van der Waals surface area contributed by atoms with E-state index in [0.29, 0.717) is 98.5 Å². The summed E-state index contributed by atoms with van der Waals surface area (Å²) in [5.74, 6) is 3.65. The van der Waals surface area contributed by atoms with Crippen molar-refractivity contribution in [2.24, 2.45) is 0 Å². The number of fused-ring (bicyclic) bond motifs is 4. The lowest BCUT2D eigenvalue weighted by molar-refractivity contribution is -0.00706. The van der Waals surface area contributed by atoms with Gasteiger partial charge in [0, 0.05) is 19.3 Å². The third kappa shape index (κ3) is 12.2. The van der Waals surface area contributed by atoms with E-state index in [1.807, 2.05) is 0 Å². The first-order chi connectivity index (χ1) is 26.1. The molecule has 1 heterocycles. The van der Waals surface area contributed by atoms with E-state index in [0.717, 1.165) is 80.3 Å². The quantitative estimate of drug-likeness (QED) is 0.179. The first-order valence-corrected chi connectivity index (χ1v) is 19.3. The van der Waals surface area contributed by atoms with Crippen LogP contribution in [0.3, 0.4) is 0 Å². The maximum atomic E-state index is 6.65. The lowest BCUT2D eigenvalue weighted by Crippen LogP contribution is -2.15. The first kappa shape index (κ1) is 40.1. The van der Waals surface area contributed by atoms with Crippen LogP contribution < -0.4 is 18.9 Å². The standard InChI is InChI=1S/C45H58O8/c1-5-19-50-42-34(3)11-7-13-36(42)31-39-16-10-18-41-33-40-17-9-15-38(44(40)51-20-6-2)32-37-14-8-12-35(4)43(37)52-29-27-48-25-23-46-21-22-47-24-26-49-28-30-53-45(39)41/h7-18H,5-6,19-33H2,1-4H3. The minimum Gasteiger partial charge on any atom is -0.493 e. The van der Waals surface area contributed by atoms with Crippen molar-refractivity contribution >= 4 is 0 Å². The van der Waals surface area contributed by atoms with E-state index in [4.69, 9.17) is 37.9 Å². The molecule has 4 aromatic carbocycles. The summed E-state index contributed by atoms with van der Waals surface area (Å²) in [4.78, 5) is 0. The number of hydrogen-bond acceptors (Lipinski definition) is 8. The Labute approximate surface area is 316 Å². The van der Waals surface area contributed by atoms with Crippen LogP contribution in [0.15, 0.2) is 72.8 Å². The Morgan fingerprint density at radius 2 is 0.887 bits per heavy atom. The van der Waals surface area contributed by atoms with Gasteiger partial charge in [-0.25, -0.2) is 0 Å². The van der Waals surface area contributed by atoms with Crippen LogP contribution in [0, 0.1) is 13.8 Å². The zero-order valence-corrected chi connectivity index (χ0v) is 32.2. The van der Waals surface area contributed by atoms with Gasteiger partial charge in [0.2, 0.25) is 0 Å². The summed E-state index contributed by atoms with van der Waals surface area (Å²) in [5, 5.41) is 0. The maximum absolute atomic E-state index is 6.65. The smallest absolute Gasteiger partial charge is 0.126 e. The van der Waals surface area contributed by atoms with Crippen molar-refractivity contribution in [2.75, 3.05) is 79.3 Å². The third-order valence-corrected chi connectivity index (χ3v) is 9.05. The van der Waals surface area contributed by atoms with Crippen molar-refractivity contribution in [3.63, 3.8) is 0 Å². The number of rotatable bonds is 8. The highest BCUT2D eigenvalue weighted by Crippen LogP contribution is 2.36. The molecule has 0 aliphatic carbocycles. The van der Waals surface area contributed by atoms with Gasteiger partial charge in [-0.15, -0.1) is 0 Å². The van der Waals surface area contributed by atoms with E-state index in [1.165, 1.54) is 0 Å². The summed E-state index contributed by atoms with van der Waals surface area (Å²) < 4.78 is 48.9. The molecule has 5 rings (SSSR count). The molecule has 0 unspecified atom stereocenters. The molecule has 8 nitrogen and oxygen atoms in total. The molecule has 0 amide bonds. The number of aryl methyl sites for hydroxylation is 2. The van der Waals surface area contributed by atoms with Gasteiger partial charge in [-0.1, -0.05) is 86.6 Å². The predicted molar refractivity (Wildman–Crippen MR) is 209 cm³/mol. The van der Waals surface area contributed by atoms with Crippen molar-refractivity contribution in [2.45, 2.75) is 59.8 Å². The van der Waals surface area contributed by atoms with Gasteiger partial charge in [0.25, 0.3) is 0 Å². The van der Waals surface area contributed by atoms with E-state index in [-0.39, 0.29) is 0 Å². The average Bonchev–Trinajstić information content (AvgIpc) is 3.15. The normalized spacial score (nSPS) is 15.4. The summed E-state index contributed by atoms with van der Waals surface area (Å²) in [6, 6.07) is 25.6. The highest BCUT2D eigenvalue weighted by Gasteiger charge is 2.19. The lowest BCUT2D eigenvalue weighted by atomic mass is 9.94. The van der Waals surface area contributed by atoms with E-state index in [9.17, 15) is 0 Å². The second kappa shape index (κ2) is 22.2. The minimum atomic E-state index is 0.412. The Morgan fingerprint density at radius 3 is 1.49 bits per heavy atom. The van der Waals surface area contributed by atoms with E-state index in [2.05, 4.69) is 100 Å². The van der Waals surface area contributed by atoms with Crippen molar-refractivity contribution < 1.29 is 37.9 Å². The summed E-state index contributed by atoms with van der Waals surface area (Å²) in [7, 11) is 0. The van der Waals surface area contributed by atoms with Crippen molar-refractivity contribution in [3.05, 3.63) is 117 Å². The first-order valence-electron chi connectivity index (χ1n) is 19.3. The topological polar surface area (TPSA) is 73.8 Å².